The summed E-state index contributed by atoms with van der Waals surface area (Å²) in [6, 6.07) is 19.2. The maximum absolute atomic E-state index is 10.9. The van der Waals surface area contributed by atoms with Gasteiger partial charge in [0.2, 0.25) is 0 Å². The van der Waals surface area contributed by atoms with E-state index in [1.807, 2.05) is 33.2 Å². The lowest BCUT2D eigenvalue weighted by atomic mass is 9.86. The molecule has 8 heteroatoms. The lowest BCUT2D eigenvalue weighted by Gasteiger charge is -2.33. The average Bonchev–Trinajstić information content (AvgIpc) is 3.46. The summed E-state index contributed by atoms with van der Waals surface area (Å²) >= 11 is 0. The molecular formula is C31H35N5O3. The summed E-state index contributed by atoms with van der Waals surface area (Å²) < 4.78 is 15.4. The van der Waals surface area contributed by atoms with Gasteiger partial charge in [0.05, 0.1) is 40.5 Å². The van der Waals surface area contributed by atoms with Gasteiger partial charge >= 0.3 is 0 Å². The minimum absolute atomic E-state index is 0.0762. The molecule has 4 heterocycles. The van der Waals surface area contributed by atoms with Crippen LogP contribution in [0.5, 0.6) is 0 Å². The van der Waals surface area contributed by atoms with Gasteiger partial charge in [0, 0.05) is 44.5 Å². The second kappa shape index (κ2) is 10.2. The maximum atomic E-state index is 10.9. The van der Waals surface area contributed by atoms with Crippen molar-refractivity contribution in [1.29, 1.82) is 0 Å². The number of ether oxygens (including phenoxy) is 2. The highest BCUT2D eigenvalue weighted by molar-refractivity contribution is 6.07. The fourth-order valence-corrected chi connectivity index (χ4v) is 6.02. The van der Waals surface area contributed by atoms with Crippen LogP contribution in [0.25, 0.3) is 33.2 Å². The van der Waals surface area contributed by atoms with E-state index in [0.29, 0.717) is 12.5 Å². The van der Waals surface area contributed by atoms with Crippen LogP contribution >= 0.6 is 0 Å². The van der Waals surface area contributed by atoms with Gasteiger partial charge < -0.3 is 19.1 Å². The maximum Gasteiger partial charge on any atom is 0.116 e. The quantitative estimate of drug-likeness (QED) is 0.307. The minimum Gasteiger partial charge on any atom is -0.386 e. The largest absolute Gasteiger partial charge is 0.386 e. The predicted octanol–water partition coefficient (Wildman–Crippen LogP) is 5.37. The second-order valence-corrected chi connectivity index (χ2v) is 11.0. The van der Waals surface area contributed by atoms with Crippen molar-refractivity contribution in [2.75, 3.05) is 20.3 Å². The third-order valence-corrected chi connectivity index (χ3v) is 7.93. The van der Waals surface area contributed by atoms with Crippen molar-refractivity contribution < 1.29 is 14.6 Å². The topological polar surface area (TPSA) is 87.2 Å². The van der Waals surface area contributed by atoms with Gasteiger partial charge in [0.1, 0.15) is 5.69 Å². The van der Waals surface area contributed by atoms with E-state index in [0.717, 1.165) is 70.5 Å². The molecular weight excluding hydrogens is 490 g/mol. The Balaban J connectivity index is 1.67. The van der Waals surface area contributed by atoms with Gasteiger partial charge in [0.15, 0.2) is 0 Å². The first kappa shape index (κ1) is 25.7. The Labute approximate surface area is 228 Å². The molecule has 0 amide bonds. The van der Waals surface area contributed by atoms with E-state index in [1.54, 1.807) is 11.8 Å². The monoisotopic (exact) mass is 525 g/mol. The molecule has 1 unspecified atom stereocenters. The molecule has 0 radical (unpaired) electrons. The van der Waals surface area contributed by atoms with Crippen molar-refractivity contribution in [3.63, 3.8) is 0 Å². The van der Waals surface area contributed by atoms with Crippen molar-refractivity contribution in [2.24, 2.45) is 13.0 Å². The molecule has 0 spiro atoms. The molecule has 1 aliphatic rings. The van der Waals surface area contributed by atoms with E-state index in [2.05, 4.69) is 63.4 Å². The molecule has 6 rings (SSSR count). The van der Waals surface area contributed by atoms with Crippen LogP contribution in [0.3, 0.4) is 0 Å². The number of fused-ring (bicyclic) bond motifs is 3. The Bertz CT molecular complexity index is 1610. The third-order valence-electron chi connectivity index (χ3n) is 7.93. The van der Waals surface area contributed by atoms with Gasteiger partial charge in [-0.25, -0.2) is 4.68 Å². The number of hydrogen-bond donors (Lipinski definition) is 1. The molecule has 5 aromatic rings. The lowest BCUT2D eigenvalue weighted by Crippen LogP contribution is -2.27. The van der Waals surface area contributed by atoms with E-state index in [4.69, 9.17) is 14.5 Å². The number of aromatic nitrogens is 5. The predicted molar refractivity (Wildman–Crippen MR) is 151 cm³/mol. The molecule has 1 atom stereocenters. The summed E-state index contributed by atoms with van der Waals surface area (Å²) in [4.78, 5) is 5.02. The van der Waals surface area contributed by atoms with Crippen LogP contribution in [0.15, 0.2) is 60.8 Å². The zero-order valence-corrected chi connectivity index (χ0v) is 23.0. The van der Waals surface area contributed by atoms with Crippen LogP contribution in [0.2, 0.25) is 0 Å². The summed E-state index contributed by atoms with van der Waals surface area (Å²) in [6.45, 7) is 5.54. The van der Waals surface area contributed by atoms with Crippen LogP contribution in [0.4, 0.5) is 0 Å². The number of aliphatic hydroxyl groups is 1. The zero-order valence-electron chi connectivity index (χ0n) is 23.0. The van der Waals surface area contributed by atoms with Crippen molar-refractivity contribution in [1.82, 2.24) is 24.5 Å². The molecule has 8 nitrogen and oxygen atoms in total. The molecule has 39 heavy (non-hydrogen) atoms. The van der Waals surface area contributed by atoms with E-state index in [1.165, 1.54) is 5.56 Å². The number of aryl methyl sites for hydroxylation is 1. The highest BCUT2D eigenvalue weighted by Crippen LogP contribution is 2.42. The lowest BCUT2D eigenvalue weighted by molar-refractivity contribution is 0.0552. The van der Waals surface area contributed by atoms with Crippen LogP contribution in [0, 0.1) is 5.92 Å². The van der Waals surface area contributed by atoms with Gasteiger partial charge in [-0.15, -0.1) is 5.10 Å². The van der Waals surface area contributed by atoms with E-state index in [-0.39, 0.29) is 6.04 Å². The number of pyridine rings is 1. The highest BCUT2D eigenvalue weighted by atomic mass is 16.5. The van der Waals surface area contributed by atoms with Crippen molar-refractivity contribution in [2.45, 2.75) is 44.9 Å². The fourth-order valence-electron chi connectivity index (χ4n) is 6.02. The average molecular weight is 526 g/mol. The summed E-state index contributed by atoms with van der Waals surface area (Å²) in [5, 5.41) is 20.6. The standard InChI is InChI=1S/C31H35N5O3/c1-31(2,37)23-10-11-24-26(17-23)36(29(20-8-6-5-7-9-20)21-12-14-39-15-13-21)27-16-22(18-32-28(24)27)30-25(19-38-4)33-34-35(30)3/h5-11,16-18,21,29,37H,12-15,19H2,1-4H3. The molecule has 202 valence electrons. The van der Waals surface area contributed by atoms with E-state index in [9.17, 15) is 5.11 Å². The normalized spacial score (nSPS) is 15.8. The van der Waals surface area contributed by atoms with Crippen molar-refractivity contribution in [3.8, 4) is 11.3 Å². The molecule has 0 bridgehead atoms. The molecule has 1 N–H and O–H groups in total. The smallest absolute Gasteiger partial charge is 0.116 e. The first-order valence-electron chi connectivity index (χ1n) is 13.5. The third kappa shape index (κ3) is 4.62. The van der Waals surface area contributed by atoms with Crippen LogP contribution in [0.1, 0.15) is 49.6 Å². The Morgan fingerprint density at radius 2 is 1.85 bits per heavy atom. The zero-order chi connectivity index (χ0) is 27.1. The number of rotatable bonds is 7. The Morgan fingerprint density at radius 3 is 2.56 bits per heavy atom. The first-order valence-corrected chi connectivity index (χ1v) is 13.5. The summed E-state index contributed by atoms with van der Waals surface area (Å²) in [6.07, 6.45) is 3.85. The minimum atomic E-state index is -0.968. The van der Waals surface area contributed by atoms with Crippen LogP contribution < -0.4 is 0 Å². The molecule has 0 aliphatic carbocycles. The fraction of sp³-hybridized carbons (Fsp3) is 0.387. The summed E-state index contributed by atoms with van der Waals surface area (Å²) in [5.41, 5.74) is 6.81. The number of hydrogen-bond acceptors (Lipinski definition) is 6. The van der Waals surface area contributed by atoms with Gasteiger partial charge in [-0.1, -0.05) is 47.7 Å². The Hall–Kier alpha value is -3.59. The Morgan fingerprint density at radius 1 is 1.08 bits per heavy atom. The molecule has 1 fully saturated rings. The molecule has 1 saturated heterocycles. The van der Waals surface area contributed by atoms with Crippen molar-refractivity contribution in [3.05, 3.63) is 77.6 Å². The highest BCUT2D eigenvalue weighted by Gasteiger charge is 2.31. The van der Waals surface area contributed by atoms with Gasteiger partial charge in [-0.05, 0) is 55.9 Å². The van der Waals surface area contributed by atoms with Gasteiger partial charge in [-0.3, -0.25) is 4.98 Å². The SMILES string of the molecule is COCc1nnn(C)c1-c1cnc2c3ccc(C(C)(C)O)cc3n(C(c3ccccc3)C3CCOCC3)c2c1. The molecule has 2 aromatic carbocycles. The van der Waals surface area contributed by atoms with Crippen molar-refractivity contribution >= 4 is 21.9 Å². The number of methoxy groups -OCH3 is 1. The van der Waals surface area contributed by atoms with Crippen LogP contribution in [-0.2, 0) is 28.7 Å². The second-order valence-electron chi connectivity index (χ2n) is 11.0. The van der Waals surface area contributed by atoms with Gasteiger partial charge in [0.25, 0.3) is 0 Å². The number of nitrogens with zero attached hydrogens (tertiary/aromatic N) is 5. The van der Waals surface area contributed by atoms with Gasteiger partial charge in [-0.2, -0.15) is 0 Å². The van der Waals surface area contributed by atoms with E-state index < -0.39 is 5.60 Å². The first-order chi connectivity index (χ1) is 18.9. The Kier molecular flexibility index (Phi) is 6.71. The number of benzene rings is 2. The molecule has 3 aromatic heterocycles. The summed E-state index contributed by atoms with van der Waals surface area (Å²) in [5.74, 6) is 0.386. The molecule has 0 saturated carbocycles. The molecule has 1 aliphatic heterocycles. The van der Waals surface area contributed by atoms with Crippen LogP contribution in [-0.4, -0.2) is 50.0 Å². The van der Waals surface area contributed by atoms with E-state index >= 15 is 0 Å². The summed E-state index contributed by atoms with van der Waals surface area (Å²) in [7, 11) is 3.56.